The first-order valence-electron chi connectivity index (χ1n) is 8.87. The number of halogens is 1. The topological polar surface area (TPSA) is 65.3 Å². The molecule has 26 heavy (non-hydrogen) atoms. The molecule has 6 heteroatoms. The average molecular weight is 466 g/mol. The van der Waals surface area contributed by atoms with E-state index in [1.54, 1.807) is 6.26 Å². The van der Waals surface area contributed by atoms with Crippen molar-refractivity contribution >= 4 is 40.8 Å². The van der Waals surface area contributed by atoms with Crippen LogP contribution in [0.4, 0.5) is 0 Å². The molecule has 0 unspecified atom stereocenters. The van der Waals surface area contributed by atoms with Crippen molar-refractivity contribution in [1.82, 2.24) is 15.6 Å². The van der Waals surface area contributed by atoms with Crippen LogP contribution >= 0.6 is 24.0 Å². The van der Waals surface area contributed by atoms with Crippen molar-refractivity contribution in [3.05, 3.63) is 59.7 Å². The molecule has 3 N–H and O–H groups in total. The first-order valence-corrected chi connectivity index (χ1v) is 8.87. The van der Waals surface area contributed by atoms with Gasteiger partial charge in [0.2, 0.25) is 0 Å². The molecule has 0 spiro atoms. The van der Waals surface area contributed by atoms with E-state index in [0.717, 1.165) is 37.7 Å². The van der Waals surface area contributed by atoms with Gasteiger partial charge in [0, 0.05) is 43.2 Å². The van der Waals surface area contributed by atoms with Crippen molar-refractivity contribution in [3.8, 4) is 0 Å². The van der Waals surface area contributed by atoms with Crippen LogP contribution in [0.2, 0.25) is 0 Å². The number of fused-ring (bicyclic) bond motifs is 1. The molecule has 5 nitrogen and oxygen atoms in total. The third-order valence-electron chi connectivity index (χ3n) is 4.16. The van der Waals surface area contributed by atoms with Gasteiger partial charge in [-0.1, -0.05) is 12.1 Å². The van der Waals surface area contributed by atoms with Gasteiger partial charge in [-0.05, 0) is 49.6 Å². The molecule has 0 aliphatic heterocycles. The number of hydrogen-bond acceptors (Lipinski definition) is 2. The maximum Gasteiger partial charge on any atom is 0.191 e. The van der Waals surface area contributed by atoms with E-state index in [4.69, 9.17) is 4.42 Å². The van der Waals surface area contributed by atoms with E-state index >= 15 is 0 Å². The molecule has 0 amide bonds. The van der Waals surface area contributed by atoms with Gasteiger partial charge in [0.05, 0.1) is 6.26 Å². The molecule has 0 fully saturated rings. The molecule has 3 rings (SSSR count). The highest BCUT2D eigenvalue weighted by Crippen LogP contribution is 2.19. The van der Waals surface area contributed by atoms with Gasteiger partial charge in [-0.2, -0.15) is 0 Å². The third kappa shape index (κ3) is 5.52. The lowest BCUT2D eigenvalue weighted by atomic mass is 10.1. The standard InChI is InChI=1S/C20H26N4O.HI/c1-3-21-20(23-11-9-17-5-4-12-25-17)22-10-8-16-14-24-19-13-15(2)6-7-18(16)19;/h4-7,12-14,24H,3,8-11H2,1-2H3,(H2,21,22,23);1H. The van der Waals surface area contributed by atoms with E-state index in [-0.39, 0.29) is 24.0 Å². The van der Waals surface area contributed by atoms with Crippen molar-refractivity contribution in [3.63, 3.8) is 0 Å². The maximum atomic E-state index is 5.34. The SMILES string of the molecule is CCNC(=NCCc1ccco1)NCCc1c[nH]c2cc(C)ccc12.I. The highest BCUT2D eigenvalue weighted by molar-refractivity contribution is 14.0. The van der Waals surface area contributed by atoms with Crippen LogP contribution in [0, 0.1) is 6.92 Å². The Hall–Kier alpha value is -1.96. The number of aromatic amines is 1. The number of furan rings is 1. The van der Waals surface area contributed by atoms with Crippen LogP contribution in [0.5, 0.6) is 0 Å². The number of hydrogen-bond donors (Lipinski definition) is 3. The molecular formula is C20H27IN4O. The van der Waals surface area contributed by atoms with Gasteiger partial charge in [0.1, 0.15) is 5.76 Å². The normalized spacial score (nSPS) is 11.4. The molecule has 0 bridgehead atoms. The number of guanidine groups is 1. The largest absolute Gasteiger partial charge is 0.469 e. The molecule has 2 heterocycles. The number of H-pyrrole nitrogens is 1. The number of aryl methyl sites for hydroxylation is 1. The minimum absolute atomic E-state index is 0. The van der Waals surface area contributed by atoms with Crippen molar-refractivity contribution in [2.75, 3.05) is 19.6 Å². The van der Waals surface area contributed by atoms with E-state index in [9.17, 15) is 0 Å². The Labute approximate surface area is 171 Å². The maximum absolute atomic E-state index is 5.34. The monoisotopic (exact) mass is 466 g/mol. The molecule has 0 atom stereocenters. The Bertz CT molecular complexity index is 824. The summed E-state index contributed by atoms with van der Waals surface area (Å²) in [5, 5.41) is 8.00. The van der Waals surface area contributed by atoms with E-state index in [0.29, 0.717) is 6.54 Å². The number of nitrogens with zero attached hydrogens (tertiary/aromatic N) is 1. The Morgan fingerprint density at radius 3 is 2.85 bits per heavy atom. The number of nitrogens with one attached hydrogen (secondary N) is 3. The molecule has 1 aromatic carbocycles. The van der Waals surface area contributed by atoms with E-state index < -0.39 is 0 Å². The first kappa shape index (κ1) is 20.4. The van der Waals surface area contributed by atoms with Crippen molar-refractivity contribution in [2.45, 2.75) is 26.7 Å². The summed E-state index contributed by atoms with van der Waals surface area (Å²) in [5.41, 5.74) is 3.81. The molecule has 0 saturated heterocycles. The highest BCUT2D eigenvalue weighted by atomic mass is 127. The zero-order chi connectivity index (χ0) is 17.5. The lowest BCUT2D eigenvalue weighted by Gasteiger charge is -2.11. The molecular weight excluding hydrogens is 439 g/mol. The molecule has 0 radical (unpaired) electrons. The fourth-order valence-corrected chi connectivity index (χ4v) is 2.90. The van der Waals surface area contributed by atoms with Crippen LogP contribution in [0.25, 0.3) is 10.9 Å². The van der Waals surface area contributed by atoms with Gasteiger partial charge in [-0.15, -0.1) is 24.0 Å². The summed E-state index contributed by atoms with van der Waals surface area (Å²) in [6, 6.07) is 10.4. The summed E-state index contributed by atoms with van der Waals surface area (Å²) in [6.07, 6.45) is 5.56. The minimum atomic E-state index is 0. The number of aliphatic imine (C=N–C) groups is 1. The summed E-state index contributed by atoms with van der Waals surface area (Å²) < 4.78 is 5.34. The zero-order valence-corrected chi connectivity index (χ0v) is 17.7. The molecule has 3 aromatic rings. The van der Waals surface area contributed by atoms with Gasteiger partial charge >= 0.3 is 0 Å². The van der Waals surface area contributed by atoms with Gasteiger partial charge in [0.15, 0.2) is 5.96 Å². The fourth-order valence-electron chi connectivity index (χ4n) is 2.90. The summed E-state index contributed by atoms with van der Waals surface area (Å²) in [4.78, 5) is 7.97. The van der Waals surface area contributed by atoms with E-state index in [2.05, 4.69) is 58.9 Å². The predicted molar refractivity (Wildman–Crippen MR) is 119 cm³/mol. The van der Waals surface area contributed by atoms with E-state index in [1.807, 2.05) is 12.1 Å². The predicted octanol–water partition coefficient (Wildman–Crippen LogP) is 4.03. The number of aromatic nitrogens is 1. The van der Waals surface area contributed by atoms with Crippen LogP contribution in [0.1, 0.15) is 23.8 Å². The van der Waals surface area contributed by atoms with Gasteiger partial charge < -0.3 is 20.0 Å². The number of rotatable bonds is 7. The lowest BCUT2D eigenvalue weighted by molar-refractivity contribution is 0.510. The highest BCUT2D eigenvalue weighted by Gasteiger charge is 2.04. The van der Waals surface area contributed by atoms with Crippen molar-refractivity contribution in [2.24, 2.45) is 4.99 Å². The van der Waals surface area contributed by atoms with Gasteiger partial charge in [-0.25, -0.2) is 0 Å². The first-order chi connectivity index (χ1) is 12.3. The van der Waals surface area contributed by atoms with Crippen LogP contribution in [0.3, 0.4) is 0 Å². The smallest absolute Gasteiger partial charge is 0.191 e. The second-order valence-electron chi connectivity index (χ2n) is 6.13. The zero-order valence-electron chi connectivity index (χ0n) is 15.3. The lowest BCUT2D eigenvalue weighted by Crippen LogP contribution is -2.38. The van der Waals surface area contributed by atoms with Gasteiger partial charge in [0.25, 0.3) is 0 Å². The second kappa shape index (κ2) is 10.3. The molecule has 2 aromatic heterocycles. The van der Waals surface area contributed by atoms with Crippen molar-refractivity contribution in [1.29, 1.82) is 0 Å². The molecule has 0 aliphatic rings. The van der Waals surface area contributed by atoms with E-state index in [1.165, 1.54) is 22.0 Å². The summed E-state index contributed by atoms with van der Waals surface area (Å²) in [5.74, 6) is 1.82. The third-order valence-corrected chi connectivity index (χ3v) is 4.16. The number of benzene rings is 1. The van der Waals surface area contributed by atoms with Gasteiger partial charge in [-0.3, -0.25) is 4.99 Å². The minimum Gasteiger partial charge on any atom is -0.469 e. The molecule has 0 saturated carbocycles. The summed E-state index contributed by atoms with van der Waals surface area (Å²) in [6.45, 7) is 6.58. The van der Waals surface area contributed by atoms with Crippen LogP contribution < -0.4 is 10.6 Å². The average Bonchev–Trinajstić information content (AvgIpc) is 3.24. The second-order valence-corrected chi connectivity index (χ2v) is 6.13. The molecule has 0 aliphatic carbocycles. The Kier molecular flexibility index (Phi) is 8.03. The van der Waals surface area contributed by atoms with Crippen LogP contribution in [-0.2, 0) is 12.8 Å². The van der Waals surface area contributed by atoms with Crippen LogP contribution in [0.15, 0.2) is 52.2 Å². The Balaban J connectivity index is 0.00000243. The Morgan fingerprint density at radius 1 is 1.19 bits per heavy atom. The summed E-state index contributed by atoms with van der Waals surface area (Å²) >= 11 is 0. The van der Waals surface area contributed by atoms with Crippen molar-refractivity contribution < 1.29 is 4.42 Å². The summed E-state index contributed by atoms with van der Waals surface area (Å²) in [7, 11) is 0. The van der Waals surface area contributed by atoms with Crippen LogP contribution in [-0.4, -0.2) is 30.6 Å². The fraction of sp³-hybridized carbons (Fsp3) is 0.350. The Morgan fingerprint density at radius 2 is 2.08 bits per heavy atom. The quantitative estimate of drug-likeness (QED) is 0.280. The molecule has 140 valence electrons.